The number of halogens is 1. The monoisotopic (exact) mass is 422 g/mol. The van der Waals surface area contributed by atoms with E-state index in [2.05, 4.69) is 57.2 Å². The highest BCUT2D eigenvalue weighted by Gasteiger charge is 2.44. The number of rotatable bonds is 4. The van der Waals surface area contributed by atoms with Crippen LogP contribution in [0, 0.1) is 0 Å². The Balaban J connectivity index is 1.59. The summed E-state index contributed by atoms with van der Waals surface area (Å²) in [6, 6.07) is 19.0. The maximum absolute atomic E-state index is 6.24. The smallest absolute Gasteiger partial charge is 0.139 e. The number of nitrogens with zero attached hydrogens (tertiary/aromatic N) is 4. The summed E-state index contributed by atoms with van der Waals surface area (Å²) in [5.74, 6) is 1.09. The van der Waals surface area contributed by atoms with Crippen LogP contribution >= 0.6 is 11.6 Å². The van der Waals surface area contributed by atoms with E-state index in [9.17, 15) is 0 Å². The maximum Gasteiger partial charge on any atom is 0.139 e. The molecule has 3 aliphatic heterocycles. The van der Waals surface area contributed by atoms with Crippen LogP contribution in [0.2, 0.25) is 5.02 Å². The van der Waals surface area contributed by atoms with Crippen LogP contribution in [0.1, 0.15) is 44.1 Å². The average molecular weight is 423 g/mol. The highest BCUT2D eigenvalue weighted by molar-refractivity contribution is 6.30. The summed E-state index contributed by atoms with van der Waals surface area (Å²) in [6.45, 7) is 4.59. The summed E-state index contributed by atoms with van der Waals surface area (Å²) in [5, 5.41) is 0.776. The second-order valence-corrected chi connectivity index (χ2v) is 9.12. The topological polar surface area (TPSA) is 22.1 Å². The zero-order chi connectivity index (χ0) is 20.3. The number of anilines is 1. The van der Waals surface area contributed by atoms with Gasteiger partial charge in [-0.05, 0) is 49.9 Å². The zero-order valence-electron chi connectivity index (χ0n) is 17.6. The number of hydrogen-bond donors (Lipinski definition) is 0. The molecule has 2 atom stereocenters. The molecule has 2 fully saturated rings. The Hall–Kier alpha value is -1.88. The van der Waals surface area contributed by atoms with Gasteiger partial charge in [0, 0.05) is 42.5 Å². The van der Waals surface area contributed by atoms with Crippen LogP contribution in [-0.4, -0.2) is 54.1 Å². The molecule has 0 aliphatic carbocycles. The van der Waals surface area contributed by atoms with Gasteiger partial charge >= 0.3 is 0 Å². The lowest BCUT2D eigenvalue weighted by atomic mass is 10.1. The molecule has 2 aromatic rings. The summed E-state index contributed by atoms with van der Waals surface area (Å²) < 4.78 is 0. The minimum absolute atomic E-state index is 0.175. The van der Waals surface area contributed by atoms with Gasteiger partial charge in [-0.15, -0.1) is 0 Å². The number of piperidine rings is 2. The number of hydrogen-bond acceptors (Lipinski definition) is 4. The van der Waals surface area contributed by atoms with Gasteiger partial charge in [-0.3, -0.25) is 9.80 Å². The molecule has 0 aromatic heterocycles. The van der Waals surface area contributed by atoms with Crippen LogP contribution in [0.15, 0.2) is 59.6 Å². The molecule has 0 N–H and O–H groups in total. The predicted molar refractivity (Wildman–Crippen MR) is 125 cm³/mol. The molecule has 158 valence electrons. The van der Waals surface area contributed by atoms with Crippen LogP contribution in [0.4, 0.5) is 5.69 Å². The van der Waals surface area contributed by atoms with Crippen LogP contribution in [0.5, 0.6) is 0 Å². The summed E-state index contributed by atoms with van der Waals surface area (Å²) in [6.07, 6.45) is 8.20. The number of aliphatic imine (C=N–C) groups is 1. The molecule has 4 nitrogen and oxygen atoms in total. The lowest BCUT2D eigenvalue weighted by Gasteiger charge is -2.44. The summed E-state index contributed by atoms with van der Waals surface area (Å²) in [4.78, 5) is 13.2. The van der Waals surface area contributed by atoms with E-state index >= 15 is 0 Å². The highest BCUT2D eigenvalue weighted by Crippen LogP contribution is 2.34. The molecule has 0 radical (unpaired) electrons. The van der Waals surface area contributed by atoms with Gasteiger partial charge < -0.3 is 4.90 Å². The van der Waals surface area contributed by atoms with Crippen molar-refractivity contribution in [2.45, 2.75) is 50.9 Å². The average Bonchev–Trinajstić information content (AvgIpc) is 3.22. The first kappa shape index (κ1) is 20.0. The Labute approximate surface area is 185 Å². The van der Waals surface area contributed by atoms with E-state index in [0.29, 0.717) is 0 Å². The highest BCUT2D eigenvalue weighted by atomic mass is 35.5. The summed E-state index contributed by atoms with van der Waals surface area (Å²) in [7, 11) is 0. The minimum atomic E-state index is 0.175. The van der Waals surface area contributed by atoms with Crippen molar-refractivity contribution < 1.29 is 0 Å². The standard InChI is InChI=1S/C25H31ClN4/c26-21-12-14-22(15-13-21)30-23(20-10-4-1-5-11-20)27-24(28-16-6-2-7-17-28)25(30)29-18-8-3-9-19-29/h1,4-5,10-15,24-25H,2-3,6-9,16-19H2/t24-,25+/m0/s1. The van der Waals surface area contributed by atoms with Gasteiger partial charge in [0.25, 0.3) is 0 Å². The molecule has 0 spiro atoms. The van der Waals surface area contributed by atoms with Crippen molar-refractivity contribution in [1.82, 2.24) is 9.80 Å². The van der Waals surface area contributed by atoms with Gasteiger partial charge in [0.05, 0.1) is 0 Å². The number of amidine groups is 1. The second kappa shape index (κ2) is 9.09. The van der Waals surface area contributed by atoms with Crippen LogP contribution in [0.3, 0.4) is 0 Å². The Bertz CT molecular complexity index is 854. The second-order valence-electron chi connectivity index (χ2n) is 8.69. The van der Waals surface area contributed by atoms with Crippen LogP contribution in [0.25, 0.3) is 0 Å². The molecule has 0 saturated carbocycles. The largest absolute Gasteiger partial charge is 0.306 e. The van der Waals surface area contributed by atoms with Gasteiger partial charge in [-0.1, -0.05) is 54.8 Å². The SMILES string of the molecule is Clc1ccc(N2C(c3ccccc3)=N[C@@H](N3CCCCC3)[C@@H]2N2CCCCC2)cc1. The molecule has 3 heterocycles. The lowest BCUT2D eigenvalue weighted by molar-refractivity contribution is 0.0696. The fourth-order valence-corrected chi connectivity index (χ4v) is 5.30. The Morgan fingerprint density at radius 2 is 1.30 bits per heavy atom. The van der Waals surface area contributed by atoms with E-state index in [1.807, 2.05) is 12.1 Å². The molecule has 30 heavy (non-hydrogen) atoms. The third-order valence-electron chi connectivity index (χ3n) is 6.68. The van der Waals surface area contributed by atoms with E-state index in [-0.39, 0.29) is 12.3 Å². The van der Waals surface area contributed by atoms with Gasteiger partial charge in [0.1, 0.15) is 18.2 Å². The Morgan fingerprint density at radius 3 is 1.93 bits per heavy atom. The Morgan fingerprint density at radius 1 is 0.700 bits per heavy atom. The van der Waals surface area contributed by atoms with E-state index < -0.39 is 0 Å². The lowest BCUT2D eigenvalue weighted by Crippen LogP contribution is -2.58. The van der Waals surface area contributed by atoms with Crippen LogP contribution in [-0.2, 0) is 0 Å². The van der Waals surface area contributed by atoms with Crippen molar-refractivity contribution in [3.63, 3.8) is 0 Å². The maximum atomic E-state index is 6.24. The summed E-state index contributed by atoms with van der Waals surface area (Å²) in [5.41, 5.74) is 2.37. The van der Waals surface area contributed by atoms with Crippen molar-refractivity contribution in [1.29, 1.82) is 0 Å². The van der Waals surface area contributed by atoms with Crippen molar-refractivity contribution in [2.24, 2.45) is 4.99 Å². The quantitative estimate of drug-likeness (QED) is 0.673. The first-order valence-corrected chi connectivity index (χ1v) is 11.9. The molecular formula is C25H31ClN4. The Kier molecular flexibility index (Phi) is 6.07. The fraction of sp³-hybridized carbons (Fsp3) is 0.480. The molecular weight excluding hydrogens is 392 g/mol. The van der Waals surface area contributed by atoms with Gasteiger partial charge in [0.15, 0.2) is 0 Å². The van der Waals surface area contributed by atoms with E-state index in [1.165, 1.54) is 49.8 Å². The molecule has 0 bridgehead atoms. The molecule has 0 unspecified atom stereocenters. The molecule has 5 rings (SSSR count). The van der Waals surface area contributed by atoms with E-state index in [4.69, 9.17) is 16.6 Å². The zero-order valence-corrected chi connectivity index (χ0v) is 18.3. The van der Waals surface area contributed by atoms with Gasteiger partial charge in [0.2, 0.25) is 0 Å². The third kappa shape index (κ3) is 4.01. The van der Waals surface area contributed by atoms with E-state index in [1.54, 1.807) is 0 Å². The molecule has 2 saturated heterocycles. The van der Waals surface area contributed by atoms with Gasteiger partial charge in [-0.2, -0.15) is 0 Å². The van der Waals surface area contributed by atoms with E-state index in [0.717, 1.165) is 37.0 Å². The normalized spacial score (nSPS) is 26.0. The molecule has 5 heteroatoms. The number of likely N-dealkylation sites (tertiary alicyclic amines) is 2. The fourth-order valence-electron chi connectivity index (χ4n) is 5.18. The first-order chi connectivity index (χ1) is 14.8. The predicted octanol–water partition coefficient (Wildman–Crippen LogP) is 5.23. The number of benzene rings is 2. The van der Waals surface area contributed by atoms with Crippen molar-refractivity contribution in [3.8, 4) is 0 Å². The minimum Gasteiger partial charge on any atom is -0.306 e. The molecule has 0 amide bonds. The first-order valence-electron chi connectivity index (χ1n) is 11.5. The van der Waals surface area contributed by atoms with Crippen LogP contribution < -0.4 is 4.90 Å². The molecule has 2 aromatic carbocycles. The van der Waals surface area contributed by atoms with Crippen molar-refractivity contribution >= 4 is 23.1 Å². The molecule has 3 aliphatic rings. The third-order valence-corrected chi connectivity index (χ3v) is 6.93. The summed E-state index contributed by atoms with van der Waals surface area (Å²) >= 11 is 6.24. The van der Waals surface area contributed by atoms with Crippen molar-refractivity contribution in [3.05, 3.63) is 65.2 Å². The van der Waals surface area contributed by atoms with Crippen molar-refractivity contribution in [2.75, 3.05) is 31.1 Å². The van der Waals surface area contributed by atoms with Gasteiger partial charge in [-0.25, -0.2) is 4.99 Å².